The molecule has 1 aliphatic heterocycles. The van der Waals surface area contributed by atoms with Crippen LogP contribution in [0.5, 0.6) is 0 Å². The molecule has 1 aromatic heterocycles. The van der Waals surface area contributed by atoms with Gasteiger partial charge in [0.15, 0.2) is 0 Å². The molecule has 1 amide bonds. The van der Waals surface area contributed by atoms with Crippen molar-refractivity contribution in [2.24, 2.45) is 11.7 Å². The molecule has 1 aliphatic rings. The molecule has 2 aromatic rings. The summed E-state index contributed by atoms with van der Waals surface area (Å²) in [5, 5.41) is 4.10. The molecule has 2 heterocycles. The van der Waals surface area contributed by atoms with Gasteiger partial charge in [0.25, 0.3) is 5.91 Å². The number of aromatic nitrogens is 3. The van der Waals surface area contributed by atoms with E-state index in [-0.39, 0.29) is 11.9 Å². The highest BCUT2D eigenvalue weighted by Gasteiger charge is 2.29. The topological polar surface area (TPSA) is 77.0 Å². The third kappa shape index (κ3) is 2.87. The summed E-state index contributed by atoms with van der Waals surface area (Å²) in [7, 11) is 0. The molecule has 1 saturated heterocycles. The van der Waals surface area contributed by atoms with Gasteiger partial charge in [0.05, 0.1) is 5.69 Å². The summed E-state index contributed by atoms with van der Waals surface area (Å²) in [4.78, 5) is 18.7. The Labute approximate surface area is 129 Å². The smallest absolute Gasteiger partial charge is 0.254 e. The van der Waals surface area contributed by atoms with Gasteiger partial charge in [-0.05, 0) is 37.0 Å². The van der Waals surface area contributed by atoms with Crippen LogP contribution in [-0.4, -0.2) is 44.7 Å². The van der Waals surface area contributed by atoms with Gasteiger partial charge in [-0.25, -0.2) is 9.67 Å². The molecule has 116 valence electrons. The van der Waals surface area contributed by atoms with Crippen molar-refractivity contribution in [1.82, 2.24) is 19.7 Å². The molecular formula is C16H21N5O. The summed E-state index contributed by atoms with van der Waals surface area (Å²) < 4.78 is 1.65. The number of nitrogens with zero attached hydrogens (tertiary/aromatic N) is 4. The number of nitrogens with two attached hydrogens (primary N) is 1. The van der Waals surface area contributed by atoms with Crippen LogP contribution in [0, 0.1) is 5.92 Å². The zero-order chi connectivity index (χ0) is 15.5. The van der Waals surface area contributed by atoms with Crippen molar-refractivity contribution in [1.29, 1.82) is 0 Å². The van der Waals surface area contributed by atoms with Gasteiger partial charge < -0.3 is 10.6 Å². The Morgan fingerprint density at radius 1 is 1.45 bits per heavy atom. The Bertz CT molecular complexity index is 640. The number of carbonyl (C=O) groups is 1. The van der Waals surface area contributed by atoms with Gasteiger partial charge in [0, 0.05) is 24.7 Å². The van der Waals surface area contributed by atoms with E-state index in [9.17, 15) is 4.79 Å². The Morgan fingerprint density at radius 3 is 3.05 bits per heavy atom. The summed E-state index contributed by atoms with van der Waals surface area (Å²) in [6.45, 7) is 3.50. The number of carbonyl (C=O) groups excluding carboxylic acids is 1. The lowest BCUT2D eigenvalue weighted by molar-refractivity contribution is 0.0573. The maximum Gasteiger partial charge on any atom is 0.254 e. The Hall–Kier alpha value is -2.21. The third-order valence-electron chi connectivity index (χ3n) is 4.29. The largest absolute Gasteiger partial charge is 0.334 e. The molecule has 0 spiro atoms. The van der Waals surface area contributed by atoms with Crippen molar-refractivity contribution in [2.45, 2.75) is 25.8 Å². The normalized spacial score (nSPS) is 21.8. The van der Waals surface area contributed by atoms with Crippen molar-refractivity contribution in [3.8, 4) is 5.69 Å². The predicted molar refractivity (Wildman–Crippen MR) is 83.6 cm³/mol. The minimum Gasteiger partial charge on any atom is -0.334 e. The molecule has 2 N–H and O–H groups in total. The van der Waals surface area contributed by atoms with Gasteiger partial charge in [-0.3, -0.25) is 4.79 Å². The Morgan fingerprint density at radius 2 is 2.32 bits per heavy atom. The van der Waals surface area contributed by atoms with E-state index in [2.05, 4.69) is 17.0 Å². The monoisotopic (exact) mass is 299 g/mol. The summed E-state index contributed by atoms with van der Waals surface area (Å²) in [6, 6.07) is 7.60. The van der Waals surface area contributed by atoms with E-state index in [0.29, 0.717) is 18.0 Å². The molecule has 22 heavy (non-hydrogen) atoms. The second-order valence-corrected chi connectivity index (χ2v) is 5.91. The number of likely N-dealkylation sites (tertiary alicyclic amines) is 1. The Balaban J connectivity index is 1.84. The van der Waals surface area contributed by atoms with Gasteiger partial charge in [-0.15, -0.1) is 0 Å². The minimum absolute atomic E-state index is 0.0457. The van der Waals surface area contributed by atoms with E-state index in [0.717, 1.165) is 25.1 Å². The van der Waals surface area contributed by atoms with Crippen LogP contribution in [0.2, 0.25) is 0 Å². The van der Waals surface area contributed by atoms with Crippen molar-refractivity contribution < 1.29 is 4.79 Å². The van der Waals surface area contributed by atoms with Crippen LogP contribution in [-0.2, 0) is 0 Å². The number of rotatable bonds is 3. The van der Waals surface area contributed by atoms with E-state index in [1.54, 1.807) is 11.0 Å². The second kappa shape index (κ2) is 6.27. The van der Waals surface area contributed by atoms with E-state index in [4.69, 9.17) is 5.73 Å². The van der Waals surface area contributed by atoms with Crippen LogP contribution >= 0.6 is 0 Å². The SMILES string of the molecule is CC1CCN(C(=O)c2cccc(-n3cncn3)c2)C(CN)C1. The average molecular weight is 299 g/mol. The van der Waals surface area contributed by atoms with Gasteiger partial charge in [0.2, 0.25) is 0 Å². The first kappa shape index (κ1) is 14.7. The molecule has 2 atom stereocenters. The molecule has 0 bridgehead atoms. The molecule has 0 aliphatic carbocycles. The minimum atomic E-state index is 0.0457. The van der Waals surface area contributed by atoms with Gasteiger partial charge in [0.1, 0.15) is 12.7 Å². The van der Waals surface area contributed by atoms with E-state index < -0.39 is 0 Å². The third-order valence-corrected chi connectivity index (χ3v) is 4.29. The molecular weight excluding hydrogens is 278 g/mol. The average Bonchev–Trinajstić information content (AvgIpc) is 3.08. The quantitative estimate of drug-likeness (QED) is 0.931. The molecule has 1 fully saturated rings. The lowest BCUT2D eigenvalue weighted by Crippen LogP contribution is -2.49. The van der Waals surface area contributed by atoms with Crippen molar-refractivity contribution in [3.63, 3.8) is 0 Å². The van der Waals surface area contributed by atoms with Crippen LogP contribution in [0.25, 0.3) is 5.69 Å². The number of piperidine rings is 1. The van der Waals surface area contributed by atoms with Crippen molar-refractivity contribution in [3.05, 3.63) is 42.5 Å². The van der Waals surface area contributed by atoms with Gasteiger partial charge in [-0.2, -0.15) is 5.10 Å². The first-order valence-electron chi connectivity index (χ1n) is 7.65. The fraction of sp³-hybridized carbons (Fsp3) is 0.438. The van der Waals surface area contributed by atoms with Crippen LogP contribution in [0.4, 0.5) is 0 Å². The maximum atomic E-state index is 12.8. The van der Waals surface area contributed by atoms with Gasteiger partial charge >= 0.3 is 0 Å². The summed E-state index contributed by atoms with van der Waals surface area (Å²) in [5.41, 5.74) is 7.36. The van der Waals surface area contributed by atoms with Gasteiger partial charge in [-0.1, -0.05) is 13.0 Å². The molecule has 2 unspecified atom stereocenters. The highest BCUT2D eigenvalue weighted by atomic mass is 16.2. The fourth-order valence-electron chi connectivity index (χ4n) is 3.03. The fourth-order valence-corrected chi connectivity index (χ4v) is 3.03. The van der Waals surface area contributed by atoms with Crippen LogP contribution in [0.15, 0.2) is 36.9 Å². The first-order chi connectivity index (χ1) is 10.7. The van der Waals surface area contributed by atoms with Crippen molar-refractivity contribution in [2.75, 3.05) is 13.1 Å². The second-order valence-electron chi connectivity index (χ2n) is 5.91. The predicted octanol–water partition coefficient (Wildman–Crippen LogP) is 1.47. The highest BCUT2D eigenvalue weighted by Crippen LogP contribution is 2.24. The summed E-state index contributed by atoms with van der Waals surface area (Å²) in [6.07, 6.45) is 5.11. The molecule has 6 nitrogen and oxygen atoms in total. The standard InChI is InChI=1S/C16H21N5O/c1-12-5-6-20(15(7-12)9-17)16(22)13-3-2-4-14(8-13)21-11-18-10-19-21/h2-4,8,10-12,15H,5-7,9,17H2,1H3. The number of hydrogen-bond donors (Lipinski definition) is 1. The maximum absolute atomic E-state index is 12.8. The van der Waals surface area contributed by atoms with Crippen molar-refractivity contribution >= 4 is 5.91 Å². The summed E-state index contributed by atoms with van der Waals surface area (Å²) in [5.74, 6) is 0.670. The van der Waals surface area contributed by atoms with E-state index >= 15 is 0 Å². The van der Waals surface area contributed by atoms with Crippen LogP contribution in [0.3, 0.4) is 0 Å². The molecule has 3 rings (SSSR count). The highest BCUT2D eigenvalue weighted by molar-refractivity contribution is 5.95. The first-order valence-corrected chi connectivity index (χ1v) is 7.65. The lowest BCUT2D eigenvalue weighted by atomic mass is 9.92. The molecule has 0 radical (unpaired) electrons. The zero-order valence-electron chi connectivity index (χ0n) is 12.7. The van der Waals surface area contributed by atoms with Crippen LogP contribution in [0.1, 0.15) is 30.1 Å². The van der Waals surface area contributed by atoms with E-state index in [1.807, 2.05) is 29.2 Å². The zero-order valence-corrected chi connectivity index (χ0v) is 12.7. The molecule has 1 aromatic carbocycles. The van der Waals surface area contributed by atoms with E-state index in [1.165, 1.54) is 6.33 Å². The summed E-state index contributed by atoms with van der Waals surface area (Å²) >= 11 is 0. The molecule has 6 heteroatoms. The molecule has 0 saturated carbocycles. The number of benzene rings is 1. The van der Waals surface area contributed by atoms with Crippen LogP contribution < -0.4 is 5.73 Å². The number of amides is 1. The lowest BCUT2D eigenvalue weighted by Gasteiger charge is -2.38. The Kier molecular flexibility index (Phi) is 4.20. The number of hydrogen-bond acceptors (Lipinski definition) is 4.